The number of alkyl halides is 2. The molecular formula is C11H10BrF2NO5. The van der Waals surface area contributed by atoms with Crippen LogP contribution in [0.2, 0.25) is 0 Å². The molecule has 0 radical (unpaired) electrons. The molecule has 2 rings (SSSR count). The lowest BCUT2D eigenvalue weighted by molar-refractivity contribution is -0.287. The SMILES string of the molecule is NC(=O)OCCC(O)c1c(Br)ccc2c1OC(F)(F)O2. The van der Waals surface area contributed by atoms with Crippen molar-refractivity contribution in [3.8, 4) is 11.5 Å². The maximum absolute atomic E-state index is 13.0. The molecule has 3 N–H and O–H groups in total. The molecule has 1 unspecified atom stereocenters. The number of aliphatic hydroxyl groups excluding tert-OH is 1. The average Bonchev–Trinajstić information content (AvgIpc) is 2.62. The number of carbonyl (C=O) groups is 1. The summed E-state index contributed by atoms with van der Waals surface area (Å²) in [7, 11) is 0. The van der Waals surface area contributed by atoms with E-state index in [0.717, 1.165) is 0 Å². The van der Waals surface area contributed by atoms with Crippen molar-refractivity contribution in [2.75, 3.05) is 6.61 Å². The van der Waals surface area contributed by atoms with Crippen molar-refractivity contribution in [1.29, 1.82) is 0 Å². The van der Waals surface area contributed by atoms with E-state index in [9.17, 15) is 18.7 Å². The summed E-state index contributed by atoms with van der Waals surface area (Å²) < 4.78 is 39.6. The number of nitrogens with two attached hydrogens (primary N) is 1. The first-order valence-electron chi connectivity index (χ1n) is 5.48. The number of fused-ring (bicyclic) bond motifs is 1. The standard InChI is InChI=1S/C11H10BrF2NO5/c12-5-1-2-7-9(20-11(13,14)19-7)8(5)6(16)3-4-18-10(15)17/h1-2,6,16H,3-4H2,(H2,15,17). The number of halogens is 3. The van der Waals surface area contributed by atoms with Crippen LogP contribution in [0, 0.1) is 0 Å². The molecule has 1 aromatic rings. The topological polar surface area (TPSA) is 91.0 Å². The Morgan fingerprint density at radius 2 is 2.20 bits per heavy atom. The summed E-state index contributed by atoms with van der Waals surface area (Å²) in [6.45, 7) is -0.163. The Hall–Kier alpha value is -1.61. The Kier molecular flexibility index (Phi) is 4.00. The maximum Gasteiger partial charge on any atom is 0.586 e. The van der Waals surface area contributed by atoms with E-state index in [0.29, 0.717) is 4.47 Å². The third-order valence-electron chi connectivity index (χ3n) is 2.53. The Bertz CT molecular complexity index is 540. The van der Waals surface area contributed by atoms with Crippen molar-refractivity contribution in [2.24, 2.45) is 5.73 Å². The molecule has 0 fully saturated rings. The van der Waals surface area contributed by atoms with Gasteiger partial charge in [-0.1, -0.05) is 15.9 Å². The predicted molar refractivity (Wildman–Crippen MR) is 65.5 cm³/mol. The van der Waals surface area contributed by atoms with Crippen molar-refractivity contribution in [1.82, 2.24) is 0 Å². The summed E-state index contributed by atoms with van der Waals surface area (Å²) in [5, 5.41) is 10.0. The number of aliphatic hydroxyl groups is 1. The second kappa shape index (κ2) is 5.41. The summed E-state index contributed by atoms with van der Waals surface area (Å²) in [6.07, 6.45) is -5.99. The largest absolute Gasteiger partial charge is 0.586 e. The highest BCUT2D eigenvalue weighted by molar-refractivity contribution is 9.10. The Balaban J connectivity index is 2.20. The maximum atomic E-state index is 13.0. The van der Waals surface area contributed by atoms with Gasteiger partial charge in [0, 0.05) is 16.5 Å². The zero-order valence-corrected chi connectivity index (χ0v) is 11.5. The van der Waals surface area contributed by atoms with Gasteiger partial charge in [0.25, 0.3) is 0 Å². The van der Waals surface area contributed by atoms with Gasteiger partial charge >= 0.3 is 12.4 Å². The molecule has 0 saturated carbocycles. The molecule has 6 nitrogen and oxygen atoms in total. The van der Waals surface area contributed by atoms with Crippen LogP contribution in [0.1, 0.15) is 18.1 Å². The first-order chi connectivity index (χ1) is 9.30. The second-order valence-electron chi connectivity index (χ2n) is 3.93. The summed E-state index contributed by atoms with van der Waals surface area (Å²) in [5.74, 6) is -0.431. The normalized spacial score (nSPS) is 16.8. The molecule has 1 aromatic carbocycles. The van der Waals surface area contributed by atoms with Gasteiger partial charge in [-0.25, -0.2) is 4.79 Å². The van der Waals surface area contributed by atoms with Gasteiger partial charge in [0.1, 0.15) is 0 Å². The highest BCUT2D eigenvalue weighted by Crippen LogP contribution is 2.48. The predicted octanol–water partition coefficient (Wildman–Crippen LogP) is 2.29. The first-order valence-corrected chi connectivity index (χ1v) is 6.28. The van der Waals surface area contributed by atoms with Crippen LogP contribution in [0.3, 0.4) is 0 Å². The monoisotopic (exact) mass is 353 g/mol. The van der Waals surface area contributed by atoms with Gasteiger partial charge in [-0.2, -0.15) is 0 Å². The van der Waals surface area contributed by atoms with E-state index in [1.807, 2.05) is 0 Å². The van der Waals surface area contributed by atoms with Crippen LogP contribution in [-0.2, 0) is 4.74 Å². The van der Waals surface area contributed by atoms with Crippen LogP contribution in [0.15, 0.2) is 16.6 Å². The molecule has 1 aliphatic heterocycles. The number of hydrogen-bond donors (Lipinski definition) is 2. The fourth-order valence-corrected chi connectivity index (χ4v) is 2.31. The van der Waals surface area contributed by atoms with Gasteiger partial charge in [-0.15, -0.1) is 8.78 Å². The fraction of sp³-hybridized carbons (Fsp3) is 0.364. The second-order valence-corrected chi connectivity index (χ2v) is 4.78. The molecule has 1 heterocycles. The zero-order valence-electron chi connectivity index (χ0n) is 9.94. The van der Waals surface area contributed by atoms with Crippen LogP contribution in [0.25, 0.3) is 0 Å². The summed E-state index contributed by atoms with van der Waals surface area (Å²) in [5.41, 5.74) is 4.87. The fourth-order valence-electron chi connectivity index (χ4n) is 1.73. The van der Waals surface area contributed by atoms with Gasteiger partial charge in [0.15, 0.2) is 11.5 Å². The lowest BCUT2D eigenvalue weighted by atomic mass is 10.1. The molecule has 1 aliphatic rings. The Morgan fingerprint density at radius 1 is 1.50 bits per heavy atom. The van der Waals surface area contributed by atoms with Crippen LogP contribution in [0.4, 0.5) is 13.6 Å². The summed E-state index contributed by atoms with van der Waals surface area (Å²) in [4.78, 5) is 10.4. The number of primary amides is 1. The van der Waals surface area contributed by atoms with Gasteiger partial charge in [-0.3, -0.25) is 0 Å². The van der Waals surface area contributed by atoms with Crippen LogP contribution in [-0.4, -0.2) is 24.1 Å². The van der Waals surface area contributed by atoms with Crippen molar-refractivity contribution >= 4 is 22.0 Å². The van der Waals surface area contributed by atoms with Crippen molar-refractivity contribution in [3.05, 3.63) is 22.2 Å². The van der Waals surface area contributed by atoms with Gasteiger partial charge in [-0.05, 0) is 12.1 Å². The van der Waals surface area contributed by atoms with Gasteiger partial charge in [0.2, 0.25) is 0 Å². The van der Waals surface area contributed by atoms with E-state index >= 15 is 0 Å². The molecule has 0 saturated heterocycles. The molecule has 20 heavy (non-hydrogen) atoms. The third kappa shape index (κ3) is 3.10. The molecular weight excluding hydrogens is 344 g/mol. The number of benzene rings is 1. The van der Waals surface area contributed by atoms with Crippen molar-refractivity contribution in [2.45, 2.75) is 18.8 Å². The van der Waals surface area contributed by atoms with E-state index in [-0.39, 0.29) is 30.1 Å². The van der Waals surface area contributed by atoms with E-state index < -0.39 is 18.5 Å². The molecule has 1 amide bonds. The number of hydrogen-bond acceptors (Lipinski definition) is 5. The van der Waals surface area contributed by atoms with E-state index in [2.05, 4.69) is 30.1 Å². The molecule has 0 aliphatic carbocycles. The van der Waals surface area contributed by atoms with Crippen LogP contribution in [0.5, 0.6) is 11.5 Å². The number of ether oxygens (including phenoxy) is 3. The lowest BCUT2D eigenvalue weighted by Gasteiger charge is -2.15. The molecule has 0 aromatic heterocycles. The minimum absolute atomic E-state index is 0.0348. The van der Waals surface area contributed by atoms with E-state index in [1.54, 1.807) is 0 Å². The minimum Gasteiger partial charge on any atom is -0.450 e. The van der Waals surface area contributed by atoms with Gasteiger partial charge < -0.3 is 25.1 Å². The molecule has 0 spiro atoms. The number of amides is 1. The molecule has 9 heteroatoms. The zero-order chi connectivity index (χ0) is 14.9. The van der Waals surface area contributed by atoms with Gasteiger partial charge in [0.05, 0.1) is 12.7 Å². The molecule has 0 bridgehead atoms. The molecule has 110 valence electrons. The Morgan fingerprint density at radius 3 is 2.85 bits per heavy atom. The van der Waals surface area contributed by atoms with Crippen molar-refractivity contribution in [3.63, 3.8) is 0 Å². The number of rotatable bonds is 4. The highest BCUT2D eigenvalue weighted by atomic mass is 79.9. The smallest absolute Gasteiger partial charge is 0.450 e. The van der Waals surface area contributed by atoms with Crippen LogP contribution < -0.4 is 15.2 Å². The summed E-state index contributed by atoms with van der Waals surface area (Å²) >= 11 is 3.14. The van der Waals surface area contributed by atoms with Crippen molar-refractivity contribution < 1.29 is 32.9 Å². The van der Waals surface area contributed by atoms with E-state index in [4.69, 9.17) is 5.73 Å². The first kappa shape index (κ1) is 14.8. The van der Waals surface area contributed by atoms with E-state index in [1.165, 1.54) is 12.1 Å². The lowest BCUT2D eigenvalue weighted by Crippen LogP contribution is -2.26. The average molecular weight is 354 g/mol. The summed E-state index contributed by atoms with van der Waals surface area (Å²) in [6, 6.07) is 2.73. The minimum atomic E-state index is -3.78. The Labute approximate surface area is 120 Å². The van der Waals surface area contributed by atoms with Crippen LogP contribution >= 0.6 is 15.9 Å². The highest BCUT2D eigenvalue weighted by Gasteiger charge is 2.45. The number of carbonyl (C=O) groups excluding carboxylic acids is 1. The molecule has 1 atom stereocenters. The third-order valence-corrected chi connectivity index (χ3v) is 3.22. The quantitative estimate of drug-likeness (QED) is 0.866.